The summed E-state index contributed by atoms with van der Waals surface area (Å²) >= 11 is 3.20. The number of aromatic hydroxyl groups is 1. The van der Waals surface area contributed by atoms with Gasteiger partial charge in [0, 0.05) is 61.9 Å². The molecular formula is C15H22BrN3O4. The lowest BCUT2D eigenvalue weighted by Crippen LogP contribution is -2.49. The lowest BCUT2D eigenvalue weighted by atomic mass is 9.79. The predicted molar refractivity (Wildman–Crippen MR) is 90.5 cm³/mol. The van der Waals surface area contributed by atoms with E-state index in [0.29, 0.717) is 5.56 Å². The van der Waals surface area contributed by atoms with Crippen LogP contribution in [-0.4, -0.2) is 52.8 Å². The number of nitro groups is 1. The minimum atomic E-state index is -0.566. The zero-order chi connectivity index (χ0) is 17.2. The standard InChI is InChI=1S/C15H22BrN3O4/c1-15(2,9-20)14(18-5-3-17-4-6-18)11-7-10(19(22)23)8-12(16)13(11)21/h7-8,14,17,20-21H,3-6,9H2,1-2H3/t14-/m0/s1. The Bertz CT molecular complexity index is 588. The van der Waals surface area contributed by atoms with Crippen LogP contribution in [0.3, 0.4) is 0 Å². The van der Waals surface area contributed by atoms with Crippen LogP contribution in [0.4, 0.5) is 5.69 Å². The van der Waals surface area contributed by atoms with E-state index in [1.54, 1.807) is 0 Å². The van der Waals surface area contributed by atoms with Crippen molar-refractivity contribution in [3.8, 4) is 5.75 Å². The van der Waals surface area contributed by atoms with Crippen LogP contribution in [0.25, 0.3) is 0 Å². The molecule has 1 heterocycles. The van der Waals surface area contributed by atoms with Gasteiger partial charge in [0.25, 0.3) is 5.69 Å². The van der Waals surface area contributed by atoms with E-state index in [-0.39, 0.29) is 28.6 Å². The van der Waals surface area contributed by atoms with Crippen LogP contribution >= 0.6 is 15.9 Å². The number of nitrogens with one attached hydrogen (secondary N) is 1. The topological polar surface area (TPSA) is 98.9 Å². The van der Waals surface area contributed by atoms with Gasteiger partial charge in [-0.1, -0.05) is 13.8 Å². The van der Waals surface area contributed by atoms with E-state index < -0.39 is 10.3 Å². The summed E-state index contributed by atoms with van der Waals surface area (Å²) in [7, 11) is 0. The summed E-state index contributed by atoms with van der Waals surface area (Å²) in [5.74, 6) is -0.0133. The SMILES string of the molecule is CC(C)(CO)[C@H](c1cc([N+](=O)[O-])cc(Br)c1O)N1CCNCC1. The normalized spacial score (nSPS) is 17.9. The van der Waals surface area contributed by atoms with Crippen LogP contribution in [0.15, 0.2) is 16.6 Å². The maximum absolute atomic E-state index is 11.2. The molecule has 7 nitrogen and oxygen atoms in total. The van der Waals surface area contributed by atoms with E-state index in [9.17, 15) is 20.3 Å². The number of benzene rings is 1. The zero-order valence-corrected chi connectivity index (χ0v) is 14.8. The van der Waals surface area contributed by atoms with Crippen molar-refractivity contribution in [3.05, 3.63) is 32.3 Å². The van der Waals surface area contributed by atoms with E-state index in [2.05, 4.69) is 26.1 Å². The number of hydrogen-bond donors (Lipinski definition) is 3. The number of phenolic OH excluding ortho intramolecular Hbond substituents is 1. The molecule has 8 heteroatoms. The van der Waals surface area contributed by atoms with Crippen molar-refractivity contribution < 1.29 is 15.1 Å². The molecule has 2 rings (SSSR count). The highest BCUT2D eigenvalue weighted by atomic mass is 79.9. The Kier molecular flexibility index (Phi) is 5.61. The fraction of sp³-hybridized carbons (Fsp3) is 0.600. The van der Waals surface area contributed by atoms with Crippen LogP contribution in [-0.2, 0) is 0 Å². The monoisotopic (exact) mass is 387 g/mol. The number of rotatable bonds is 5. The smallest absolute Gasteiger partial charge is 0.271 e. The predicted octanol–water partition coefficient (Wildman–Crippen LogP) is 2.03. The molecular weight excluding hydrogens is 366 g/mol. The van der Waals surface area contributed by atoms with Crippen molar-refractivity contribution >= 4 is 21.6 Å². The number of nitro benzene ring substituents is 1. The van der Waals surface area contributed by atoms with Crippen LogP contribution in [0.1, 0.15) is 25.5 Å². The molecule has 0 aliphatic carbocycles. The summed E-state index contributed by atoms with van der Waals surface area (Å²) in [5.41, 5.74) is -0.186. The number of piperazine rings is 1. The van der Waals surface area contributed by atoms with Gasteiger partial charge < -0.3 is 15.5 Å². The van der Waals surface area contributed by atoms with E-state index in [0.717, 1.165) is 26.2 Å². The average molecular weight is 388 g/mol. The molecule has 1 aromatic carbocycles. The third-order valence-electron chi connectivity index (χ3n) is 4.25. The molecule has 0 bridgehead atoms. The third-order valence-corrected chi connectivity index (χ3v) is 4.85. The van der Waals surface area contributed by atoms with Gasteiger partial charge in [0.05, 0.1) is 9.40 Å². The second-order valence-electron chi connectivity index (χ2n) is 6.46. The second-order valence-corrected chi connectivity index (χ2v) is 7.31. The van der Waals surface area contributed by atoms with E-state index in [1.165, 1.54) is 12.1 Å². The molecule has 0 amide bonds. The molecule has 1 aliphatic rings. The van der Waals surface area contributed by atoms with E-state index in [4.69, 9.17) is 0 Å². The third kappa shape index (κ3) is 3.82. The van der Waals surface area contributed by atoms with Crippen molar-refractivity contribution in [1.82, 2.24) is 10.2 Å². The fourth-order valence-corrected chi connectivity index (χ4v) is 3.52. The molecule has 1 saturated heterocycles. The van der Waals surface area contributed by atoms with Crippen LogP contribution in [0, 0.1) is 15.5 Å². The van der Waals surface area contributed by atoms with Gasteiger partial charge >= 0.3 is 0 Å². The highest BCUT2D eigenvalue weighted by molar-refractivity contribution is 9.10. The molecule has 1 aliphatic heterocycles. The van der Waals surface area contributed by atoms with Crippen molar-refractivity contribution in [2.24, 2.45) is 5.41 Å². The maximum Gasteiger partial charge on any atom is 0.271 e. The largest absolute Gasteiger partial charge is 0.506 e. The number of phenols is 1. The lowest BCUT2D eigenvalue weighted by molar-refractivity contribution is -0.385. The first kappa shape index (κ1) is 18.1. The summed E-state index contributed by atoms with van der Waals surface area (Å²) in [6, 6.07) is 2.37. The minimum Gasteiger partial charge on any atom is -0.506 e. The van der Waals surface area contributed by atoms with Crippen molar-refractivity contribution in [2.45, 2.75) is 19.9 Å². The fourth-order valence-electron chi connectivity index (χ4n) is 3.06. The number of aliphatic hydroxyl groups excluding tert-OH is 1. The van der Waals surface area contributed by atoms with Gasteiger partial charge in [-0.15, -0.1) is 0 Å². The van der Waals surface area contributed by atoms with Crippen LogP contribution in [0.2, 0.25) is 0 Å². The first-order chi connectivity index (χ1) is 10.8. The number of hydrogen-bond acceptors (Lipinski definition) is 6. The highest BCUT2D eigenvalue weighted by Gasteiger charge is 2.38. The van der Waals surface area contributed by atoms with Gasteiger partial charge in [-0.3, -0.25) is 15.0 Å². The minimum absolute atomic E-state index is 0.0133. The van der Waals surface area contributed by atoms with E-state index in [1.807, 2.05) is 13.8 Å². The molecule has 1 fully saturated rings. The Morgan fingerprint density at radius 3 is 2.57 bits per heavy atom. The summed E-state index contributed by atoms with van der Waals surface area (Å²) in [4.78, 5) is 12.8. The molecule has 0 radical (unpaired) electrons. The Hall–Kier alpha value is -1.22. The van der Waals surface area contributed by atoms with Gasteiger partial charge in [-0.05, 0) is 15.9 Å². The quantitative estimate of drug-likeness (QED) is 0.527. The molecule has 0 saturated carbocycles. The molecule has 1 atom stereocenters. The number of halogens is 1. The molecule has 0 unspecified atom stereocenters. The Labute approximate surface area is 143 Å². The van der Waals surface area contributed by atoms with Gasteiger partial charge in [-0.25, -0.2) is 0 Å². The summed E-state index contributed by atoms with van der Waals surface area (Å²) in [5, 5.41) is 34.7. The lowest BCUT2D eigenvalue weighted by Gasteiger charge is -2.43. The van der Waals surface area contributed by atoms with Crippen molar-refractivity contribution in [2.75, 3.05) is 32.8 Å². The first-order valence-corrected chi connectivity index (χ1v) is 8.29. The molecule has 0 spiro atoms. The Balaban J connectivity index is 2.56. The molecule has 128 valence electrons. The maximum atomic E-state index is 11.2. The summed E-state index contributed by atoms with van der Waals surface area (Å²) in [6.45, 7) is 6.78. The second kappa shape index (κ2) is 7.12. The highest BCUT2D eigenvalue weighted by Crippen LogP contribution is 2.45. The van der Waals surface area contributed by atoms with Gasteiger partial charge in [-0.2, -0.15) is 0 Å². The zero-order valence-electron chi connectivity index (χ0n) is 13.3. The number of nitrogens with zero attached hydrogens (tertiary/aromatic N) is 2. The van der Waals surface area contributed by atoms with Crippen molar-refractivity contribution in [1.29, 1.82) is 0 Å². The average Bonchev–Trinajstić information content (AvgIpc) is 2.52. The van der Waals surface area contributed by atoms with E-state index >= 15 is 0 Å². The van der Waals surface area contributed by atoms with Crippen LogP contribution in [0.5, 0.6) is 5.75 Å². The summed E-state index contributed by atoms with van der Waals surface area (Å²) in [6.07, 6.45) is 0. The van der Waals surface area contributed by atoms with Crippen LogP contribution < -0.4 is 5.32 Å². The first-order valence-electron chi connectivity index (χ1n) is 7.50. The van der Waals surface area contributed by atoms with Gasteiger partial charge in [0.1, 0.15) is 5.75 Å². The molecule has 3 N–H and O–H groups in total. The number of aliphatic hydroxyl groups is 1. The van der Waals surface area contributed by atoms with Crippen molar-refractivity contribution in [3.63, 3.8) is 0 Å². The molecule has 0 aromatic heterocycles. The van der Waals surface area contributed by atoms with Gasteiger partial charge in [0.15, 0.2) is 0 Å². The number of non-ortho nitro benzene ring substituents is 1. The van der Waals surface area contributed by atoms with Gasteiger partial charge in [0.2, 0.25) is 0 Å². The Morgan fingerprint density at radius 2 is 2.04 bits per heavy atom. The summed E-state index contributed by atoms with van der Waals surface area (Å²) < 4.78 is 0.288. The molecule has 1 aromatic rings. The molecule has 23 heavy (non-hydrogen) atoms. The Morgan fingerprint density at radius 1 is 1.43 bits per heavy atom.